The summed E-state index contributed by atoms with van der Waals surface area (Å²) in [5.74, 6) is 2.54. The van der Waals surface area contributed by atoms with Crippen molar-refractivity contribution < 1.29 is 4.52 Å². The molecule has 6 heteroatoms. The zero-order chi connectivity index (χ0) is 19.3. The molecule has 1 atom stereocenters. The second-order valence-corrected chi connectivity index (χ2v) is 8.06. The van der Waals surface area contributed by atoms with Gasteiger partial charge < -0.3 is 10.3 Å². The van der Waals surface area contributed by atoms with E-state index in [1.807, 2.05) is 30.3 Å². The molecular weight excluding hydrogens is 372 g/mol. The van der Waals surface area contributed by atoms with Gasteiger partial charge in [0, 0.05) is 23.2 Å². The molecule has 1 aliphatic carbocycles. The highest BCUT2D eigenvalue weighted by Gasteiger charge is 2.26. The number of anilines is 1. The first kappa shape index (κ1) is 18.9. The molecule has 0 radical (unpaired) electrons. The molecule has 1 saturated carbocycles. The van der Waals surface area contributed by atoms with Crippen LogP contribution < -0.4 is 5.73 Å². The number of pyridine rings is 1. The van der Waals surface area contributed by atoms with Crippen LogP contribution in [0.1, 0.15) is 67.3 Å². The van der Waals surface area contributed by atoms with Crippen molar-refractivity contribution >= 4 is 17.4 Å². The van der Waals surface area contributed by atoms with Gasteiger partial charge in [-0.25, -0.2) is 4.98 Å². The second-order valence-electron chi connectivity index (χ2n) is 7.62. The third-order valence-corrected chi connectivity index (χ3v) is 5.84. The van der Waals surface area contributed by atoms with Gasteiger partial charge in [-0.3, -0.25) is 0 Å². The predicted molar refractivity (Wildman–Crippen MR) is 110 cm³/mol. The summed E-state index contributed by atoms with van der Waals surface area (Å²) < 4.78 is 5.71. The molecule has 28 heavy (non-hydrogen) atoms. The van der Waals surface area contributed by atoms with Crippen molar-refractivity contribution in [3.63, 3.8) is 0 Å². The lowest BCUT2D eigenvalue weighted by molar-refractivity contribution is 0.296. The van der Waals surface area contributed by atoms with Crippen LogP contribution in [0.15, 0.2) is 47.1 Å². The minimum absolute atomic E-state index is 0.0642. The minimum atomic E-state index is 0.0642. The van der Waals surface area contributed by atoms with Gasteiger partial charge in [-0.2, -0.15) is 4.98 Å². The van der Waals surface area contributed by atoms with E-state index in [9.17, 15) is 0 Å². The van der Waals surface area contributed by atoms with E-state index >= 15 is 0 Å². The molecule has 1 aromatic carbocycles. The van der Waals surface area contributed by atoms with Crippen LogP contribution in [0.25, 0.3) is 0 Å². The van der Waals surface area contributed by atoms with E-state index in [0.717, 1.165) is 22.6 Å². The largest absolute Gasteiger partial charge is 0.383 e. The Labute approximate surface area is 170 Å². The predicted octanol–water partition coefficient (Wildman–Crippen LogP) is 5.39. The molecule has 4 rings (SSSR count). The maximum absolute atomic E-state index is 6.26. The monoisotopic (exact) mass is 396 g/mol. The molecule has 0 amide bonds. The number of benzene rings is 1. The van der Waals surface area contributed by atoms with Gasteiger partial charge in [-0.05, 0) is 36.1 Å². The molecular formula is C22H25ClN4O. The van der Waals surface area contributed by atoms with Gasteiger partial charge in [0.25, 0.3) is 0 Å². The summed E-state index contributed by atoms with van der Waals surface area (Å²) in [6.07, 6.45) is 9.69. The van der Waals surface area contributed by atoms with Crippen molar-refractivity contribution in [2.45, 2.75) is 50.9 Å². The number of halogens is 1. The fraction of sp³-hybridized carbons (Fsp3) is 0.409. The normalized spacial score (nSPS) is 16.2. The number of rotatable bonds is 6. The van der Waals surface area contributed by atoms with Crippen molar-refractivity contribution in [1.82, 2.24) is 15.1 Å². The van der Waals surface area contributed by atoms with E-state index < -0.39 is 0 Å². The van der Waals surface area contributed by atoms with Crippen LogP contribution >= 0.6 is 11.6 Å². The summed E-state index contributed by atoms with van der Waals surface area (Å²) in [5, 5.41) is 4.94. The van der Waals surface area contributed by atoms with Crippen molar-refractivity contribution in [3.05, 3.63) is 70.5 Å². The van der Waals surface area contributed by atoms with E-state index in [1.165, 1.54) is 32.1 Å². The highest BCUT2D eigenvalue weighted by Crippen LogP contribution is 2.37. The molecule has 1 aliphatic rings. The number of hydrogen-bond donors (Lipinski definition) is 1. The average molecular weight is 397 g/mol. The van der Waals surface area contributed by atoms with Crippen molar-refractivity contribution in [2.24, 2.45) is 5.92 Å². The van der Waals surface area contributed by atoms with Crippen LogP contribution in [0.2, 0.25) is 5.02 Å². The van der Waals surface area contributed by atoms with Crippen LogP contribution in [0.5, 0.6) is 0 Å². The zero-order valence-corrected chi connectivity index (χ0v) is 16.6. The molecule has 5 nitrogen and oxygen atoms in total. The Morgan fingerprint density at radius 2 is 2.00 bits per heavy atom. The number of hydrogen-bond acceptors (Lipinski definition) is 5. The van der Waals surface area contributed by atoms with E-state index in [4.69, 9.17) is 26.8 Å². The molecule has 0 saturated heterocycles. The Morgan fingerprint density at radius 3 is 2.79 bits per heavy atom. The third kappa shape index (κ3) is 4.53. The van der Waals surface area contributed by atoms with Gasteiger partial charge in [-0.1, -0.05) is 67.1 Å². The Balaban J connectivity index is 1.59. The number of nitrogens with zero attached hydrogens (tertiary/aromatic N) is 3. The summed E-state index contributed by atoms with van der Waals surface area (Å²) in [4.78, 5) is 8.84. The highest BCUT2D eigenvalue weighted by molar-refractivity contribution is 6.30. The topological polar surface area (TPSA) is 77.8 Å². The summed E-state index contributed by atoms with van der Waals surface area (Å²) in [5.41, 5.74) is 7.99. The first-order valence-electron chi connectivity index (χ1n) is 9.96. The van der Waals surface area contributed by atoms with Crippen molar-refractivity contribution in [3.8, 4) is 0 Å². The standard InChI is InChI=1S/C22H25ClN4O/c23-18-10-4-8-16(13-18)19(12-15-6-2-1-3-7-15)22-26-20(27-28-22)14-17-9-5-11-25-21(17)24/h4-5,8-11,13,15,19H,1-3,6-7,12,14H2,(H2,24,25). The van der Waals surface area contributed by atoms with Gasteiger partial charge in [0.05, 0.1) is 5.92 Å². The summed E-state index contributed by atoms with van der Waals surface area (Å²) in [7, 11) is 0. The number of nitrogen functional groups attached to an aromatic ring is 1. The lowest BCUT2D eigenvalue weighted by Crippen LogP contribution is -2.13. The molecule has 1 fully saturated rings. The lowest BCUT2D eigenvalue weighted by Gasteiger charge is -2.25. The molecule has 146 valence electrons. The average Bonchev–Trinajstić information content (AvgIpc) is 3.17. The number of nitrogens with two attached hydrogens (primary N) is 1. The Morgan fingerprint density at radius 1 is 1.14 bits per heavy atom. The molecule has 0 spiro atoms. The Kier molecular flexibility index (Phi) is 5.91. The second kappa shape index (κ2) is 8.74. The van der Waals surface area contributed by atoms with E-state index in [1.54, 1.807) is 6.20 Å². The first-order valence-corrected chi connectivity index (χ1v) is 10.3. The third-order valence-electron chi connectivity index (χ3n) is 5.60. The molecule has 2 N–H and O–H groups in total. The summed E-state index contributed by atoms with van der Waals surface area (Å²) in [6, 6.07) is 11.8. The van der Waals surface area contributed by atoms with Crippen LogP contribution in [-0.4, -0.2) is 15.1 Å². The fourth-order valence-electron chi connectivity index (χ4n) is 4.11. The summed E-state index contributed by atoms with van der Waals surface area (Å²) in [6.45, 7) is 0. The molecule has 0 aliphatic heterocycles. The Bertz CT molecular complexity index is 920. The highest BCUT2D eigenvalue weighted by atomic mass is 35.5. The van der Waals surface area contributed by atoms with Gasteiger partial charge in [-0.15, -0.1) is 0 Å². The van der Waals surface area contributed by atoms with E-state index in [-0.39, 0.29) is 5.92 Å². The number of aromatic nitrogens is 3. The van der Waals surface area contributed by atoms with Crippen molar-refractivity contribution in [2.75, 3.05) is 5.73 Å². The van der Waals surface area contributed by atoms with E-state index in [0.29, 0.717) is 29.9 Å². The molecule has 2 heterocycles. The van der Waals surface area contributed by atoms with Gasteiger partial charge in [0.2, 0.25) is 5.89 Å². The van der Waals surface area contributed by atoms with Crippen LogP contribution in [0.4, 0.5) is 5.82 Å². The smallest absolute Gasteiger partial charge is 0.234 e. The lowest BCUT2D eigenvalue weighted by atomic mass is 9.80. The minimum Gasteiger partial charge on any atom is -0.383 e. The zero-order valence-electron chi connectivity index (χ0n) is 15.9. The molecule has 3 aromatic rings. The van der Waals surface area contributed by atoms with Gasteiger partial charge >= 0.3 is 0 Å². The summed E-state index contributed by atoms with van der Waals surface area (Å²) >= 11 is 6.26. The van der Waals surface area contributed by atoms with Crippen LogP contribution in [0.3, 0.4) is 0 Å². The molecule has 0 bridgehead atoms. The van der Waals surface area contributed by atoms with E-state index in [2.05, 4.69) is 16.2 Å². The SMILES string of the molecule is Nc1ncccc1Cc1noc(C(CC2CCCCC2)c2cccc(Cl)c2)n1. The Hall–Kier alpha value is -2.40. The van der Waals surface area contributed by atoms with Gasteiger partial charge in [0.1, 0.15) is 5.82 Å². The maximum Gasteiger partial charge on any atom is 0.234 e. The van der Waals surface area contributed by atoms with Crippen molar-refractivity contribution in [1.29, 1.82) is 0 Å². The first-order chi connectivity index (χ1) is 13.7. The maximum atomic E-state index is 6.26. The fourth-order valence-corrected chi connectivity index (χ4v) is 4.31. The quantitative estimate of drug-likeness (QED) is 0.604. The van der Waals surface area contributed by atoms with Gasteiger partial charge in [0.15, 0.2) is 5.82 Å². The van der Waals surface area contributed by atoms with Crippen LogP contribution in [-0.2, 0) is 6.42 Å². The van der Waals surface area contributed by atoms with Crippen LogP contribution in [0, 0.1) is 5.92 Å². The molecule has 2 aromatic heterocycles. The molecule has 1 unspecified atom stereocenters.